The fourth-order valence-electron chi connectivity index (χ4n) is 2.12. The molecule has 1 aromatic rings. The van der Waals surface area contributed by atoms with Gasteiger partial charge in [0.15, 0.2) is 4.90 Å². The third kappa shape index (κ3) is 3.69. The smallest absolute Gasteiger partial charge is 0.246 e. The molecule has 1 atom stereocenters. The summed E-state index contributed by atoms with van der Waals surface area (Å²) in [6, 6.07) is 1.98. The van der Waals surface area contributed by atoms with E-state index in [1.807, 2.05) is 14.0 Å². The lowest BCUT2D eigenvalue weighted by molar-refractivity contribution is 0.248. The second-order valence-electron chi connectivity index (χ2n) is 5.41. The molecule has 5 nitrogen and oxygen atoms in total. The summed E-state index contributed by atoms with van der Waals surface area (Å²) < 4.78 is 53.7. The third-order valence-electron chi connectivity index (χ3n) is 3.68. The van der Waals surface area contributed by atoms with Crippen LogP contribution in [0.15, 0.2) is 17.0 Å². The van der Waals surface area contributed by atoms with Crippen LogP contribution >= 0.6 is 0 Å². The molecule has 21 heavy (non-hydrogen) atoms. The van der Waals surface area contributed by atoms with Crippen molar-refractivity contribution in [1.29, 1.82) is 0 Å². The SMILES string of the molecule is CC(CNS(=O)(=O)c1c(F)cc(N)cc1F)N(C)C1CC1. The van der Waals surface area contributed by atoms with E-state index in [9.17, 15) is 17.2 Å². The Morgan fingerprint density at radius 3 is 2.38 bits per heavy atom. The summed E-state index contributed by atoms with van der Waals surface area (Å²) in [5, 5.41) is 0. The number of anilines is 1. The second kappa shape index (κ2) is 5.86. The van der Waals surface area contributed by atoms with Crippen molar-refractivity contribution >= 4 is 15.7 Å². The van der Waals surface area contributed by atoms with Gasteiger partial charge >= 0.3 is 0 Å². The summed E-state index contributed by atoms with van der Waals surface area (Å²) in [5.41, 5.74) is 5.11. The molecule has 8 heteroatoms. The van der Waals surface area contributed by atoms with Gasteiger partial charge in [0.2, 0.25) is 10.0 Å². The molecule has 118 valence electrons. The minimum atomic E-state index is -4.25. The van der Waals surface area contributed by atoms with E-state index in [-0.39, 0.29) is 18.3 Å². The quantitative estimate of drug-likeness (QED) is 0.775. The summed E-state index contributed by atoms with van der Waals surface area (Å²) in [4.78, 5) is 1.07. The molecule has 0 bridgehead atoms. The highest BCUT2D eigenvalue weighted by Gasteiger charge is 2.30. The van der Waals surface area contributed by atoms with Crippen LogP contribution in [0, 0.1) is 11.6 Å². The Labute approximate surface area is 123 Å². The van der Waals surface area contributed by atoms with Gasteiger partial charge < -0.3 is 5.73 Å². The Hall–Kier alpha value is -1.25. The summed E-state index contributed by atoms with van der Waals surface area (Å²) in [6.07, 6.45) is 2.18. The highest BCUT2D eigenvalue weighted by Crippen LogP contribution is 2.27. The van der Waals surface area contributed by atoms with E-state index in [1.165, 1.54) is 0 Å². The van der Waals surface area contributed by atoms with E-state index in [1.54, 1.807) is 0 Å². The maximum atomic E-state index is 13.7. The minimum Gasteiger partial charge on any atom is -0.399 e. The number of benzene rings is 1. The molecule has 1 fully saturated rings. The zero-order valence-corrected chi connectivity index (χ0v) is 12.8. The van der Waals surface area contributed by atoms with E-state index >= 15 is 0 Å². The predicted octanol–water partition coefficient (Wildman–Crippen LogP) is 1.31. The molecule has 0 aliphatic heterocycles. The minimum absolute atomic E-state index is 0.0628. The number of nitrogens with two attached hydrogens (primary N) is 1. The van der Waals surface area contributed by atoms with Gasteiger partial charge in [-0.15, -0.1) is 0 Å². The highest BCUT2D eigenvalue weighted by molar-refractivity contribution is 7.89. The topological polar surface area (TPSA) is 75.4 Å². The molecule has 0 spiro atoms. The fraction of sp³-hybridized carbons (Fsp3) is 0.538. The van der Waals surface area contributed by atoms with Gasteiger partial charge in [-0.2, -0.15) is 0 Å². The summed E-state index contributed by atoms with van der Waals surface area (Å²) >= 11 is 0. The van der Waals surface area contributed by atoms with Gasteiger partial charge in [-0.05, 0) is 38.9 Å². The maximum Gasteiger partial charge on any atom is 0.246 e. The first-order valence-corrected chi connectivity index (χ1v) is 8.17. The van der Waals surface area contributed by atoms with Gasteiger partial charge in [0.25, 0.3) is 0 Å². The van der Waals surface area contributed by atoms with Crippen molar-refractivity contribution in [2.45, 2.75) is 36.7 Å². The average molecular weight is 319 g/mol. The number of sulfonamides is 1. The van der Waals surface area contributed by atoms with Crippen molar-refractivity contribution in [3.05, 3.63) is 23.8 Å². The first-order valence-electron chi connectivity index (χ1n) is 6.68. The summed E-state index contributed by atoms with van der Waals surface area (Å²) in [7, 11) is -2.35. The van der Waals surface area contributed by atoms with Gasteiger partial charge in [-0.25, -0.2) is 21.9 Å². The third-order valence-corrected chi connectivity index (χ3v) is 5.15. The van der Waals surface area contributed by atoms with Crippen LogP contribution in [0.1, 0.15) is 19.8 Å². The van der Waals surface area contributed by atoms with Crippen molar-refractivity contribution in [3.63, 3.8) is 0 Å². The van der Waals surface area contributed by atoms with Crippen molar-refractivity contribution in [2.75, 3.05) is 19.3 Å². The molecule has 1 saturated carbocycles. The molecular weight excluding hydrogens is 300 g/mol. The molecule has 1 aliphatic rings. The standard InChI is InChI=1S/C13H19F2N3O2S/c1-8(18(2)10-3-4-10)7-17-21(19,20)13-11(14)5-9(16)6-12(13)15/h5-6,8,10,17H,3-4,7,16H2,1-2H3. The van der Waals surface area contributed by atoms with Gasteiger partial charge in [0.05, 0.1) is 0 Å². The number of hydrogen-bond donors (Lipinski definition) is 2. The van der Waals surface area contributed by atoms with E-state index in [0.717, 1.165) is 25.0 Å². The summed E-state index contributed by atoms with van der Waals surface area (Å²) in [5.74, 6) is -2.38. The molecule has 1 aliphatic carbocycles. The first kappa shape index (κ1) is 16.1. The fourth-order valence-corrected chi connectivity index (χ4v) is 3.36. The molecule has 0 saturated heterocycles. The Balaban J connectivity index is 2.11. The number of nitrogens with zero attached hydrogens (tertiary/aromatic N) is 1. The number of rotatable bonds is 6. The van der Waals surface area contributed by atoms with Crippen molar-refractivity contribution in [1.82, 2.24) is 9.62 Å². The van der Waals surface area contributed by atoms with Crippen LogP contribution in [-0.4, -0.2) is 39.0 Å². The van der Waals surface area contributed by atoms with Crippen LogP contribution in [0.5, 0.6) is 0 Å². The Bertz CT molecular complexity index is 609. The predicted molar refractivity (Wildman–Crippen MR) is 76.2 cm³/mol. The van der Waals surface area contributed by atoms with Crippen LogP contribution in [0.4, 0.5) is 14.5 Å². The number of nitrogen functional groups attached to an aromatic ring is 1. The van der Waals surface area contributed by atoms with Crippen molar-refractivity contribution in [2.24, 2.45) is 0 Å². The van der Waals surface area contributed by atoms with E-state index < -0.39 is 26.6 Å². The molecule has 1 aromatic carbocycles. The molecular formula is C13H19F2N3O2S. The molecule has 1 unspecified atom stereocenters. The number of nitrogens with one attached hydrogen (secondary N) is 1. The summed E-state index contributed by atoms with van der Waals surface area (Å²) in [6.45, 7) is 1.94. The molecule has 0 heterocycles. The highest BCUT2D eigenvalue weighted by atomic mass is 32.2. The molecule has 0 aromatic heterocycles. The van der Waals surface area contributed by atoms with Crippen molar-refractivity contribution < 1.29 is 17.2 Å². The van der Waals surface area contributed by atoms with Crippen LogP contribution in [0.25, 0.3) is 0 Å². The molecule has 3 N–H and O–H groups in total. The van der Waals surface area contributed by atoms with Gasteiger partial charge in [-0.3, -0.25) is 4.90 Å². The van der Waals surface area contributed by atoms with Crippen LogP contribution in [0.2, 0.25) is 0 Å². The lowest BCUT2D eigenvalue weighted by Gasteiger charge is -2.24. The normalized spacial score (nSPS) is 17.2. The zero-order chi connectivity index (χ0) is 15.8. The number of halogens is 2. The van der Waals surface area contributed by atoms with E-state index in [4.69, 9.17) is 5.73 Å². The van der Waals surface area contributed by atoms with Crippen LogP contribution in [0.3, 0.4) is 0 Å². The number of hydrogen-bond acceptors (Lipinski definition) is 4. The Morgan fingerprint density at radius 1 is 1.38 bits per heavy atom. The molecule has 2 rings (SSSR count). The zero-order valence-electron chi connectivity index (χ0n) is 11.9. The maximum absolute atomic E-state index is 13.7. The van der Waals surface area contributed by atoms with Crippen LogP contribution in [-0.2, 0) is 10.0 Å². The van der Waals surface area contributed by atoms with Gasteiger partial charge in [0.1, 0.15) is 11.6 Å². The molecule has 0 amide bonds. The monoisotopic (exact) mass is 319 g/mol. The van der Waals surface area contributed by atoms with E-state index in [0.29, 0.717) is 6.04 Å². The number of likely N-dealkylation sites (N-methyl/N-ethyl adjacent to an activating group) is 1. The lowest BCUT2D eigenvalue weighted by atomic mass is 10.3. The molecule has 0 radical (unpaired) electrons. The largest absolute Gasteiger partial charge is 0.399 e. The Kier molecular flexibility index (Phi) is 4.50. The van der Waals surface area contributed by atoms with Crippen LogP contribution < -0.4 is 10.5 Å². The van der Waals surface area contributed by atoms with Gasteiger partial charge in [0, 0.05) is 24.3 Å². The Morgan fingerprint density at radius 2 is 1.90 bits per heavy atom. The first-order chi connectivity index (χ1) is 9.72. The lowest BCUT2D eigenvalue weighted by Crippen LogP contribution is -2.41. The van der Waals surface area contributed by atoms with Crippen molar-refractivity contribution in [3.8, 4) is 0 Å². The van der Waals surface area contributed by atoms with E-state index in [2.05, 4.69) is 9.62 Å². The average Bonchev–Trinajstić information content (AvgIpc) is 3.17. The second-order valence-corrected chi connectivity index (χ2v) is 7.12. The van der Waals surface area contributed by atoms with Gasteiger partial charge in [-0.1, -0.05) is 0 Å².